The highest BCUT2D eigenvalue weighted by molar-refractivity contribution is 6.30. The van der Waals surface area contributed by atoms with Crippen molar-refractivity contribution in [1.82, 2.24) is 10.6 Å². The van der Waals surface area contributed by atoms with E-state index in [0.29, 0.717) is 40.9 Å². The van der Waals surface area contributed by atoms with Crippen molar-refractivity contribution in [3.05, 3.63) is 70.4 Å². The number of hydrogen-bond donors (Lipinski definition) is 2. The molecule has 6 nitrogen and oxygen atoms in total. The maximum atomic E-state index is 13.1. The highest BCUT2D eigenvalue weighted by Crippen LogP contribution is 2.33. The molecule has 0 aliphatic carbocycles. The van der Waals surface area contributed by atoms with Crippen LogP contribution >= 0.6 is 11.6 Å². The van der Waals surface area contributed by atoms with E-state index >= 15 is 0 Å². The lowest BCUT2D eigenvalue weighted by atomic mass is 9.92. The average molecular weight is 371 g/mol. The molecule has 2 amide bonds. The van der Waals surface area contributed by atoms with Gasteiger partial charge in [0.25, 0.3) is 0 Å². The number of carbonyl (C=O) groups is 2. The van der Waals surface area contributed by atoms with Gasteiger partial charge in [-0.05, 0) is 35.9 Å². The van der Waals surface area contributed by atoms with Crippen LogP contribution in [-0.4, -0.2) is 25.0 Å². The number of ketones is 1. The number of rotatable bonds is 3. The van der Waals surface area contributed by atoms with Crippen LogP contribution in [-0.2, 0) is 0 Å². The van der Waals surface area contributed by atoms with Gasteiger partial charge in [-0.15, -0.1) is 0 Å². The first-order valence-corrected chi connectivity index (χ1v) is 8.46. The van der Waals surface area contributed by atoms with E-state index in [1.54, 1.807) is 42.5 Å². The standard InChI is InChI=1S/C19H15ClN2O4/c20-13-4-1-11(2-5-13)17-14(10-21-19(24)22-17)18(23)12-3-6-15-16(9-12)26-8-7-25-15/h1-6,9-10,17H,7-8H2,(H2,21,22,24). The third-order valence-corrected chi connectivity index (χ3v) is 4.47. The highest BCUT2D eigenvalue weighted by atomic mass is 35.5. The molecule has 2 N–H and O–H groups in total. The van der Waals surface area contributed by atoms with E-state index in [2.05, 4.69) is 10.6 Å². The SMILES string of the molecule is O=C1NC=C(C(=O)c2ccc3c(c2)OCCO3)C(c2ccc(Cl)cc2)N1. The van der Waals surface area contributed by atoms with Crippen molar-refractivity contribution in [2.45, 2.75) is 6.04 Å². The molecule has 2 aliphatic rings. The molecule has 1 unspecified atom stereocenters. The van der Waals surface area contributed by atoms with E-state index in [1.807, 2.05) is 0 Å². The second-order valence-electron chi connectivity index (χ2n) is 5.89. The van der Waals surface area contributed by atoms with Gasteiger partial charge >= 0.3 is 6.03 Å². The van der Waals surface area contributed by atoms with Crippen molar-refractivity contribution >= 4 is 23.4 Å². The number of halogens is 1. The molecule has 0 saturated heterocycles. The molecule has 0 saturated carbocycles. The molecule has 7 heteroatoms. The predicted molar refractivity (Wildman–Crippen MR) is 95.7 cm³/mol. The number of Topliss-reactive ketones (excluding diaryl/α,β-unsaturated/α-hetero) is 1. The lowest BCUT2D eigenvalue weighted by Gasteiger charge is -2.26. The molecule has 0 bridgehead atoms. The second-order valence-corrected chi connectivity index (χ2v) is 6.33. The summed E-state index contributed by atoms with van der Waals surface area (Å²) in [6, 6.07) is 11.1. The zero-order valence-corrected chi connectivity index (χ0v) is 14.4. The number of hydrogen-bond acceptors (Lipinski definition) is 4. The lowest BCUT2D eigenvalue weighted by molar-refractivity contribution is 0.102. The van der Waals surface area contributed by atoms with Gasteiger partial charge in [0.2, 0.25) is 0 Å². The Labute approximate surface area is 154 Å². The molecule has 0 aromatic heterocycles. The van der Waals surface area contributed by atoms with Crippen LogP contribution in [0.5, 0.6) is 11.5 Å². The number of benzene rings is 2. The predicted octanol–water partition coefficient (Wildman–Crippen LogP) is 3.23. The Morgan fingerprint density at radius 3 is 2.54 bits per heavy atom. The van der Waals surface area contributed by atoms with Gasteiger partial charge in [-0.3, -0.25) is 4.79 Å². The van der Waals surface area contributed by atoms with Crippen molar-refractivity contribution in [3.63, 3.8) is 0 Å². The number of urea groups is 1. The first kappa shape index (κ1) is 16.5. The van der Waals surface area contributed by atoms with E-state index in [0.717, 1.165) is 5.56 Å². The first-order chi connectivity index (χ1) is 12.6. The number of fused-ring (bicyclic) bond motifs is 1. The number of ether oxygens (including phenoxy) is 2. The van der Waals surface area contributed by atoms with E-state index in [4.69, 9.17) is 21.1 Å². The molecule has 2 aromatic carbocycles. The Morgan fingerprint density at radius 2 is 1.77 bits per heavy atom. The molecule has 4 rings (SSSR count). The fraction of sp³-hybridized carbons (Fsp3) is 0.158. The summed E-state index contributed by atoms with van der Waals surface area (Å²) < 4.78 is 11.0. The Balaban J connectivity index is 1.68. The Bertz CT molecular complexity index is 908. The van der Waals surface area contributed by atoms with Crippen molar-refractivity contribution in [2.75, 3.05) is 13.2 Å². The molecule has 1 atom stereocenters. The minimum absolute atomic E-state index is 0.213. The second kappa shape index (κ2) is 6.72. The minimum atomic E-state index is -0.568. The van der Waals surface area contributed by atoms with Gasteiger partial charge in [0.15, 0.2) is 17.3 Å². The van der Waals surface area contributed by atoms with E-state index < -0.39 is 6.04 Å². The van der Waals surface area contributed by atoms with Gasteiger partial charge in [0, 0.05) is 22.4 Å². The lowest BCUT2D eigenvalue weighted by Crippen LogP contribution is -2.42. The van der Waals surface area contributed by atoms with Gasteiger partial charge in [0.05, 0.1) is 6.04 Å². The summed E-state index contributed by atoms with van der Waals surface area (Å²) >= 11 is 5.93. The molecular formula is C19H15ClN2O4. The van der Waals surface area contributed by atoms with E-state index in [9.17, 15) is 9.59 Å². The molecule has 0 fully saturated rings. The van der Waals surface area contributed by atoms with Crippen LogP contribution in [0.3, 0.4) is 0 Å². The summed E-state index contributed by atoms with van der Waals surface area (Å²) in [5.74, 6) is 0.944. The van der Waals surface area contributed by atoms with Crippen LogP contribution in [0.2, 0.25) is 5.02 Å². The summed E-state index contributed by atoms with van der Waals surface area (Å²) in [5, 5.41) is 5.90. The maximum absolute atomic E-state index is 13.1. The topological polar surface area (TPSA) is 76.7 Å². The molecular weight excluding hydrogens is 356 g/mol. The van der Waals surface area contributed by atoms with Crippen molar-refractivity contribution < 1.29 is 19.1 Å². The fourth-order valence-electron chi connectivity index (χ4n) is 2.94. The third-order valence-electron chi connectivity index (χ3n) is 4.22. The van der Waals surface area contributed by atoms with Crippen LogP contribution in [0.1, 0.15) is 22.0 Å². The highest BCUT2D eigenvalue weighted by Gasteiger charge is 2.29. The minimum Gasteiger partial charge on any atom is -0.486 e. The Kier molecular flexibility index (Phi) is 4.26. The van der Waals surface area contributed by atoms with E-state index in [-0.39, 0.29) is 11.8 Å². The van der Waals surface area contributed by atoms with Crippen molar-refractivity contribution in [2.24, 2.45) is 0 Å². The average Bonchev–Trinajstić information content (AvgIpc) is 2.67. The van der Waals surface area contributed by atoms with Crippen molar-refractivity contribution in [1.29, 1.82) is 0 Å². The number of nitrogens with one attached hydrogen (secondary N) is 2. The molecule has 132 valence electrons. The summed E-state index contributed by atoms with van der Waals surface area (Å²) in [5.41, 5.74) is 1.64. The van der Waals surface area contributed by atoms with Crippen LogP contribution < -0.4 is 20.1 Å². The van der Waals surface area contributed by atoms with Gasteiger partial charge in [-0.25, -0.2) is 4.79 Å². The van der Waals surface area contributed by atoms with Gasteiger partial charge < -0.3 is 20.1 Å². The molecule has 2 heterocycles. The normalized spacial score (nSPS) is 18.4. The van der Waals surface area contributed by atoms with E-state index in [1.165, 1.54) is 6.20 Å². The molecule has 2 aromatic rings. The molecule has 2 aliphatic heterocycles. The van der Waals surface area contributed by atoms with Gasteiger partial charge in [-0.1, -0.05) is 23.7 Å². The molecule has 26 heavy (non-hydrogen) atoms. The smallest absolute Gasteiger partial charge is 0.319 e. The maximum Gasteiger partial charge on any atom is 0.319 e. The summed E-state index contributed by atoms with van der Waals surface area (Å²) in [6.07, 6.45) is 1.44. The third kappa shape index (κ3) is 3.11. The summed E-state index contributed by atoms with van der Waals surface area (Å²) in [7, 11) is 0. The fourth-order valence-corrected chi connectivity index (χ4v) is 3.07. The number of carbonyl (C=O) groups excluding carboxylic acids is 2. The zero-order chi connectivity index (χ0) is 18.1. The number of amides is 2. The largest absolute Gasteiger partial charge is 0.486 e. The van der Waals surface area contributed by atoms with Gasteiger partial charge in [-0.2, -0.15) is 0 Å². The Hall–Kier alpha value is -2.99. The Morgan fingerprint density at radius 1 is 1.04 bits per heavy atom. The van der Waals surface area contributed by atoms with Crippen LogP contribution in [0, 0.1) is 0 Å². The first-order valence-electron chi connectivity index (χ1n) is 8.09. The quantitative estimate of drug-likeness (QED) is 0.813. The zero-order valence-electron chi connectivity index (χ0n) is 13.6. The molecule has 0 spiro atoms. The van der Waals surface area contributed by atoms with Gasteiger partial charge in [0.1, 0.15) is 13.2 Å². The molecule has 0 radical (unpaired) electrons. The summed E-state index contributed by atoms with van der Waals surface area (Å²) in [4.78, 5) is 24.8. The van der Waals surface area contributed by atoms with Crippen LogP contribution in [0.4, 0.5) is 4.79 Å². The van der Waals surface area contributed by atoms with Crippen LogP contribution in [0.15, 0.2) is 54.2 Å². The monoisotopic (exact) mass is 370 g/mol. The summed E-state index contributed by atoms with van der Waals surface area (Å²) in [6.45, 7) is 0.929. The van der Waals surface area contributed by atoms with Crippen LogP contribution in [0.25, 0.3) is 0 Å². The van der Waals surface area contributed by atoms with Crippen molar-refractivity contribution in [3.8, 4) is 11.5 Å².